The van der Waals surface area contributed by atoms with Gasteiger partial charge in [0.1, 0.15) is 5.15 Å². The van der Waals surface area contributed by atoms with Crippen LogP contribution in [0, 0.1) is 6.92 Å². The molecule has 5 nitrogen and oxygen atoms in total. The second-order valence-corrected chi connectivity index (χ2v) is 8.37. The molecular weight excluding hydrogens is 390 g/mol. The lowest BCUT2D eigenvalue weighted by Crippen LogP contribution is -2.00. The molecule has 4 aromatic rings. The Morgan fingerprint density at radius 3 is 2.71 bits per heavy atom. The average Bonchev–Trinajstić information content (AvgIpc) is 3.46. The standard InChI is InChI=1S/C21H18ClN5S/c1-13-2-3-15-11-16(19(22)24-18(15)10-13)12-28-21-26-25-20(27(21)17-4-5-17)14-6-8-23-9-7-14/h2-3,6-11,17H,4-5,12H2,1H3. The Bertz CT molecular complexity index is 1150. The smallest absolute Gasteiger partial charge is 0.192 e. The summed E-state index contributed by atoms with van der Waals surface area (Å²) < 4.78 is 2.26. The largest absolute Gasteiger partial charge is 0.299 e. The minimum absolute atomic E-state index is 0.480. The molecule has 1 aliphatic carbocycles. The Balaban J connectivity index is 1.44. The predicted molar refractivity (Wildman–Crippen MR) is 113 cm³/mol. The van der Waals surface area contributed by atoms with Crippen molar-refractivity contribution in [1.29, 1.82) is 0 Å². The number of pyridine rings is 2. The Labute approximate surface area is 172 Å². The molecule has 0 amide bonds. The summed E-state index contributed by atoms with van der Waals surface area (Å²) in [4.78, 5) is 8.67. The van der Waals surface area contributed by atoms with E-state index in [1.54, 1.807) is 24.2 Å². The Kier molecular flexibility index (Phi) is 4.53. The molecule has 1 aromatic carbocycles. The van der Waals surface area contributed by atoms with Gasteiger partial charge in [0.15, 0.2) is 11.0 Å². The van der Waals surface area contributed by atoms with E-state index < -0.39 is 0 Å². The molecule has 0 radical (unpaired) electrons. The van der Waals surface area contributed by atoms with Gasteiger partial charge in [-0.1, -0.05) is 35.5 Å². The lowest BCUT2D eigenvalue weighted by Gasteiger charge is -2.10. The molecule has 0 N–H and O–H groups in total. The molecule has 0 unspecified atom stereocenters. The normalized spacial score (nSPS) is 13.9. The molecule has 0 bridgehead atoms. The number of aromatic nitrogens is 5. The van der Waals surface area contributed by atoms with Crippen LogP contribution in [-0.4, -0.2) is 24.7 Å². The van der Waals surface area contributed by atoms with Crippen molar-refractivity contribution in [2.45, 2.75) is 36.7 Å². The van der Waals surface area contributed by atoms with Crippen LogP contribution in [0.1, 0.15) is 30.0 Å². The van der Waals surface area contributed by atoms with Crippen molar-refractivity contribution in [3.8, 4) is 11.4 Å². The summed E-state index contributed by atoms with van der Waals surface area (Å²) in [5, 5.41) is 11.5. The van der Waals surface area contributed by atoms with Crippen molar-refractivity contribution < 1.29 is 0 Å². The summed E-state index contributed by atoms with van der Waals surface area (Å²) in [6, 6.07) is 12.8. The highest BCUT2D eigenvalue weighted by Gasteiger charge is 2.30. The molecular formula is C21H18ClN5S. The molecule has 0 aliphatic heterocycles. The number of benzene rings is 1. The van der Waals surface area contributed by atoms with Gasteiger partial charge in [0.05, 0.1) is 5.52 Å². The minimum Gasteiger partial charge on any atom is -0.299 e. The van der Waals surface area contributed by atoms with E-state index in [-0.39, 0.29) is 0 Å². The number of rotatable bonds is 5. The van der Waals surface area contributed by atoms with Crippen molar-refractivity contribution in [2.24, 2.45) is 0 Å². The predicted octanol–water partition coefficient (Wildman–Crippen LogP) is 5.48. The minimum atomic E-state index is 0.480. The van der Waals surface area contributed by atoms with Crippen LogP contribution in [-0.2, 0) is 5.75 Å². The highest BCUT2D eigenvalue weighted by atomic mass is 35.5. The number of thioether (sulfide) groups is 1. The zero-order chi connectivity index (χ0) is 19.1. The molecule has 1 fully saturated rings. The van der Waals surface area contributed by atoms with E-state index in [1.165, 1.54) is 18.4 Å². The second-order valence-electron chi connectivity index (χ2n) is 7.07. The third kappa shape index (κ3) is 3.38. The lowest BCUT2D eigenvalue weighted by molar-refractivity contribution is 0.669. The zero-order valence-electron chi connectivity index (χ0n) is 15.3. The van der Waals surface area contributed by atoms with Crippen molar-refractivity contribution in [3.63, 3.8) is 0 Å². The quantitative estimate of drug-likeness (QED) is 0.324. The van der Waals surface area contributed by atoms with Gasteiger partial charge in [-0.2, -0.15) is 0 Å². The second kappa shape index (κ2) is 7.18. The molecule has 3 aromatic heterocycles. The summed E-state index contributed by atoms with van der Waals surface area (Å²) in [5.74, 6) is 1.61. The van der Waals surface area contributed by atoms with Crippen molar-refractivity contribution >= 4 is 34.3 Å². The van der Waals surface area contributed by atoms with Crippen molar-refractivity contribution in [3.05, 3.63) is 65.1 Å². The maximum Gasteiger partial charge on any atom is 0.192 e. The summed E-state index contributed by atoms with van der Waals surface area (Å²) in [6.07, 6.45) is 5.91. The molecule has 28 heavy (non-hydrogen) atoms. The van der Waals surface area contributed by atoms with E-state index in [9.17, 15) is 0 Å². The van der Waals surface area contributed by atoms with E-state index in [1.807, 2.05) is 12.1 Å². The van der Waals surface area contributed by atoms with Gasteiger partial charge in [-0.3, -0.25) is 9.55 Å². The van der Waals surface area contributed by atoms with Gasteiger partial charge in [-0.15, -0.1) is 10.2 Å². The van der Waals surface area contributed by atoms with Crippen LogP contribution in [0.2, 0.25) is 5.15 Å². The maximum absolute atomic E-state index is 6.46. The molecule has 5 rings (SSSR count). The number of hydrogen-bond acceptors (Lipinski definition) is 5. The fourth-order valence-corrected chi connectivity index (χ4v) is 4.55. The molecule has 140 valence electrons. The lowest BCUT2D eigenvalue weighted by atomic mass is 10.1. The summed E-state index contributed by atoms with van der Waals surface area (Å²) >= 11 is 8.12. The maximum atomic E-state index is 6.46. The number of nitrogens with zero attached hydrogens (tertiary/aromatic N) is 5. The average molecular weight is 408 g/mol. The Morgan fingerprint density at radius 1 is 1.11 bits per heavy atom. The highest BCUT2D eigenvalue weighted by molar-refractivity contribution is 7.98. The monoisotopic (exact) mass is 407 g/mol. The van der Waals surface area contributed by atoms with Gasteiger partial charge in [0.2, 0.25) is 0 Å². The molecule has 0 spiro atoms. The van der Waals surface area contributed by atoms with Crippen LogP contribution < -0.4 is 0 Å². The van der Waals surface area contributed by atoms with Gasteiger partial charge in [-0.05, 0) is 49.6 Å². The first-order valence-corrected chi connectivity index (χ1v) is 10.6. The van der Waals surface area contributed by atoms with E-state index >= 15 is 0 Å². The number of hydrogen-bond donors (Lipinski definition) is 0. The van der Waals surface area contributed by atoms with Crippen LogP contribution in [0.4, 0.5) is 0 Å². The van der Waals surface area contributed by atoms with Crippen LogP contribution in [0.5, 0.6) is 0 Å². The first-order chi connectivity index (χ1) is 13.7. The fraction of sp³-hybridized carbons (Fsp3) is 0.238. The van der Waals surface area contributed by atoms with Gasteiger partial charge < -0.3 is 0 Å². The van der Waals surface area contributed by atoms with Gasteiger partial charge in [-0.25, -0.2) is 4.98 Å². The van der Waals surface area contributed by atoms with E-state index in [0.717, 1.165) is 33.0 Å². The molecule has 0 atom stereocenters. The van der Waals surface area contributed by atoms with Crippen LogP contribution in [0.3, 0.4) is 0 Å². The number of halogens is 1. The first kappa shape index (κ1) is 17.6. The van der Waals surface area contributed by atoms with Crippen molar-refractivity contribution in [1.82, 2.24) is 24.7 Å². The van der Waals surface area contributed by atoms with Crippen molar-refractivity contribution in [2.75, 3.05) is 0 Å². The van der Waals surface area contributed by atoms with E-state index in [2.05, 4.69) is 55.9 Å². The molecule has 7 heteroatoms. The van der Waals surface area contributed by atoms with Gasteiger partial charge in [0, 0.05) is 40.7 Å². The van der Waals surface area contributed by atoms with Crippen LogP contribution in [0.15, 0.2) is 53.9 Å². The highest BCUT2D eigenvalue weighted by Crippen LogP contribution is 2.41. The fourth-order valence-electron chi connectivity index (χ4n) is 3.28. The SMILES string of the molecule is Cc1ccc2cc(CSc3nnc(-c4ccncc4)n3C3CC3)c(Cl)nc2c1. The van der Waals surface area contributed by atoms with E-state index in [4.69, 9.17) is 11.6 Å². The Hall–Kier alpha value is -2.44. The van der Waals surface area contributed by atoms with Gasteiger partial charge in [0.25, 0.3) is 0 Å². The summed E-state index contributed by atoms with van der Waals surface area (Å²) in [5.41, 5.74) is 4.17. The Morgan fingerprint density at radius 2 is 1.93 bits per heavy atom. The number of aryl methyl sites for hydroxylation is 1. The third-order valence-corrected chi connectivity index (χ3v) is 6.19. The molecule has 1 aliphatic rings. The van der Waals surface area contributed by atoms with Crippen LogP contribution in [0.25, 0.3) is 22.3 Å². The summed E-state index contributed by atoms with van der Waals surface area (Å²) in [7, 11) is 0. The topological polar surface area (TPSA) is 56.5 Å². The molecule has 1 saturated carbocycles. The molecule has 0 saturated heterocycles. The van der Waals surface area contributed by atoms with Gasteiger partial charge >= 0.3 is 0 Å². The first-order valence-electron chi connectivity index (χ1n) is 9.23. The summed E-state index contributed by atoms with van der Waals surface area (Å²) in [6.45, 7) is 2.06. The number of fused-ring (bicyclic) bond motifs is 1. The van der Waals surface area contributed by atoms with E-state index in [0.29, 0.717) is 16.9 Å². The van der Waals surface area contributed by atoms with Crippen LogP contribution >= 0.6 is 23.4 Å². The zero-order valence-corrected chi connectivity index (χ0v) is 16.9. The molecule has 3 heterocycles. The third-order valence-electron chi connectivity index (χ3n) is 4.87.